The summed E-state index contributed by atoms with van der Waals surface area (Å²) in [6.45, 7) is 5.44. The van der Waals surface area contributed by atoms with E-state index in [0.717, 1.165) is 12.8 Å². The second kappa shape index (κ2) is 6.77. The van der Waals surface area contributed by atoms with Gasteiger partial charge in [0.2, 0.25) is 21.9 Å². The predicted molar refractivity (Wildman–Crippen MR) is 115 cm³/mol. The normalized spacial score (nSPS) is 26.8. The van der Waals surface area contributed by atoms with Gasteiger partial charge in [-0.3, -0.25) is 19.5 Å². The summed E-state index contributed by atoms with van der Waals surface area (Å²) in [6, 6.07) is 4.80. The van der Waals surface area contributed by atoms with Gasteiger partial charge in [-0.25, -0.2) is 13.1 Å². The number of sulfonamides is 1. The van der Waals surface area contributed by atoms with Crippen LogP contribution >= 0.6 is 0 Å². The Balaban J connectivity index is 1.50. The SMILES string of the molecule is C[C@@H]1CN=C2N(CC3CC(=O)N(C)C3)C(=O)c3cc(S(=O)(=O)NC4(C)CC4)ccc3N21. The van der Waals surface area contributed by atoms with Crippen LogP contribution in [0.5, 0.6) is 0 Å². The van der Waals surface area contributed by atoms with Gasteiger partial charge in [0.1, 0.15) is 0 Å². The molecular weight excluding hydrogens is 418 g/mol. The molecule has 0 spiro atoms. The number of hydrogen-bond donors (Lipinski definition) is 1. The van der Waals surface area contributed by atoms with Crippen LogP contribution in [0.15, 0.2) is 28.1 Å². The van der Waals surface area contributed by atoms with Gasteiger partial charge in [-0.15, -0.1) is 0 Å². The molecule has 1 saturated heterocycles. The number of benzene rings is 1. The highest BCUT2D eigenvalue weighted by atomic mass is 32.2. The first-order valence-electron chi connectivity index (χ1n) is 10.7. The number of carbonyl (C=O) groups excluding carboxylic acids is 2. The van der Waals surface area contributed by atoms with Crippen LogP contribution in [0.4, 0.5) is 5.69 Å². The Morgan fingerprint density at radius 1 is 1.26 bits per heavy atom. The zero-order valence-electron chi connectivity index (χ0n) is 18.0. The van der Waals surface area contributed by atoms with Crippen molar-refractivity contribution in [1.29, 1.82) is 0 Å². The molecule has 1 aromatic carbocycles. The number of guanidine groups is 1. The van der Waals surface area contributed by atoms with Crippen LogP contribution < -0.4 is 9.62 Å². The fraction of sp³-hybridized carbons (Fsp3) is 0.571. The van der Waals surface area contributed by atoms with E-state index in [2.05, 4.69) is 9.71 Å². The highest BCUT2D eigenvalue weighted by molar-refractivity contribution is 7.89. The van der Waals surface area contributed by atoms with Gasteiger partial charge in [0, 0.05) is 38.0 Å². The molecule has 2 fully saturated rings. The molecule has 1 N–H and O–H groups in total. The molecule has 0 radical (unpaired) electrons. The topological polar surface area (TPSA) is 102 Å². The smallest absolute Gasteiger partial charge is 0.262 e. The fourth-order valence-corrected chi connectivity index (χ4v) is 6.09. The first-order valence-corrected chi connectivity index (χ1v) is 12.1. The number of nitrogens with zero attached hydrogens (tertiary/aromatic N) is 4. The maximum atomic E-state index is 13.5. The Labute approximate surface area is 182 Å². The maximum absolute atomic E-state index is 13.5. The quantitative estimate of drug-likeness (QED) is 0.729. The summed E-state index contributed by atoms with van der Waals surface area (Å²) < 4.78 is 28.5. The van der Waals surface area contributed by atoms with E-state index in [1.54, 1.807) is 29.0 Å². The van der Waals surface area contributed by atoms with Crippen molar-refractivity contribution in [3.05, 3.63) is 23.8 Å². The molecular formula is C21H27N5O4S. The van der Waals surface area contributed by atoms with Gasteiger partial charge in [-0.2, -0.15) is 0 Å². The Bertz CT molecular complexity index is 1110. The second-order valence-electron chi connectivity index (χ2n) is 9.46. The van der Waals surface area contributed by atoms with E-state index in [0.29, 0.717) is 43.3 Å². The number of likely N-dealkylation sites (tertiary alicyclic amines) is 1. The van der Waals surface area contributed by atoms with Gasteiger partial charge >= 0.3 is 0 Å². The molecule has 1 aliphatic carbocycles. The van der Waals surface area contributed by atoms with Crippen LogP contribution in [0.1, 0.15) is 43.5 Å². The molecule has 166 valence electrons. The standard InChI is InChI=1S/C21H27N5O4S/c1-13-10-22-20-25(12-14-8-18(27)24(3)11-14)19(28)16-9-15(4-5-17(16)26(13)20)31(29,30)23-21(2)6-7-21/h4-5,9,13-14,23H,6-8,10-12H2,1-3H3/t13-,14?/m1/s1. The minimum absolute atomic E-state index is 0.0202. The summed E-state index contributed by atoms with van der Waals surface area (Å²) in [5.41, 5.74) is 0.644. The van der Waals surface area contributed by atoms with Crippen LogP contribution in [0.2, 0.25) is 0 Å². The van der Waals surface area contributed by atoms with Crippen molar-refractivity contribution in [2.45, 2.75) is 49.6 Å². The average Bonchev–Trinajstić information content (AvgIpc) is 3.15. The van der Waals surface area contributed by atoms with Crippen LogP contribution in [0.3, 0.4) is 0 Å². The molecule has 2 atom stereocenters. The van der Waals surface area contributed by atoms with E-state index in [4.69, 9.17) is 0 Å². The van der Waals surface area contributed by atoms with Crippen LogP contribution in [0, 0.1) is 5.92 Å². The highest BCUT2D eigenvalue weighted by Crippen LogP contribution is 2.38. The Kier molecular flexibility index (Phi) is 4.46. The summed E-state index contributed by atoms with van der Waals surface area (Å²) in [6.07, 6.45) is 2.01. The second-order valence-corrected chi connectivity index (χ2v) is 11.1. The van der Waals surface area contributed by atoms with E-state index in [-0.39, 0.29) is 28.7 Å². The lowest BCUT2D eigenvalue weighted by molar-refractivity contribution is -0.126. The van der Waals surface area contributed by atoms with Crippen molar-refractivity contribution in [2.24, 2.45) is 10.9 Å². The number of hydrogen-bond acceptors (Lipinski definition) is 6. The van der Waals surface area contributed by atoms with E-state index in [1.807, 2.05) is 18.7 Å². The Morgan fingerprint density at radius 3 is 2.65 bits per heavy atom. The first-order chi connectivity index (χ1) is 14.6. The molecule has 31 heavy (non-hydrogen) atoms. The van der Waals surface area contributed by atoms with Crippen molar-refractivity contribution in [2.75, 3.05) is 31.6 Å². The monoisotopic (exact) mass is 445 g/mol. The number of aliphatic imine (C=N–C) groups is 1. The summed E-state index contributed by atoms with van der Waals surface area (Å²) in [5.74, 6) is 0.412. The zero-order chi connectivity index (χ0) is 22.1. The van der Waals surface area contributed by atoms with Crippen LogP contribution in [-0.2, 0) is 14.8 Å². The minimum Gasteiger partial charge on any atom is -0.345 e. The van der Waals surface area contributed by atoms with Gasteiger partial charge in [0.05, 0.1) is 28.7 Å². The fourth-order valence-electron chi connectivity index (χ4n) is 4.60. The van der Waals surface area contributed by atoms with Crippen molar-refractivity contribution >= 4 is 33.5 Å². The van der Waals surface area contributed by atoms with E-state index in [9.17, 15) is 18.0 Å². The predicted octanol–water partition coefficient (Wildman–Crippen LogP) is 1.02. The largest absolute Gasteiger partial charge is 0.345 e. The lowest BCUT2D eigenvalue weighted by Gasteiger charge is -2.38. The molecule has 1 unspecified atom stereocenters. The average molecular weight is 446 g/mol. The number of nitrogens with one attached hydrogen (secondary N) is 1. The Hall–Kier alpha value is -2.46. The van der Waals surface area contributed by atoms with Crippen molar-refractivity contribution in [1.82, 2.24) is 14.5 Å². The third-order valence-corrected chi connectivity index (χ3v) is 8.29. The molecule has 2 amide bonds. The van der Waals surface area contributed by atoms with Gasteiger partial charge < -0.3 is 9.80 Å². The van der Waals surface area contributed by atoms with E-state index < -0.39 is 15.6 Å². The number of fused-ring (bicyclic) bond motifs is 3. The number of amides is 2. The molecule has 5 rings (SSSR count). The molecule has 3 heterocycles. The summed E-state index contributed by atoms with van der Waals surface area (Å²) in [4.78, 5) is 35.5. The molecule has 9 nitrogen and oxygen atoms in total. The molecule has 3 aliphatic heterocycles. The van der Waals surface area contributed by atoms with Crippen molar-refractivity contribution < 1.29 is 18.0 Å². The van der Waals surface area contributed by atoms with Crippen molar-refractivity contribution in [3.8, 4) is 0 Å². The Morgan fingerprint density at radius 2 is 2.00 bits per heavy atom. The van der Waals surface area contributed by atoms with E-state index in [1.165, 1.54) is 6.07 Å². The molecule has 10 heteroatoms. The summed E-state index contributed by atoms with van der Waals surface area (Å²) in [5, 5.41) is 0. The van der Waals surface area contributed by atoms with Gasteiger partial charge in [-0.1, -0.05) is 0 Å². The third kappa shape index (κ3) is 3.41. The summed E-state index contributed by atoms with van der Waals surface area (Å²) in [7, 11) is -1.96. The molecule has 4 aliphatic rings. The molecule has 0 aromatic heterocycles. The minimum atomic E-state index is -3.72. The number of rotatable bonds is 5. The maximum Gasteiger partial charge on any atom is 0.262 e. The van der Waals surface area contributed by atoms with E-state index >= 15 is 0 Å². The third-order valence-electron chi connectivity index (χ3n) is 6.65. The van der Waals surface area contributed by atoms with Gasteiger partial charge in [-0.05, 0) is 44.9 Å². The number of carbonyl (C=O) groups is 2. The molecule has 1 aromatic rings. The lowest BCUT2D eigenvalue weighted by Crippen LogP contribution is -2.53. The van der Waals surface area contributed by atoms with Crippen LogP contribution in [-0.4, -0.2) is 74.3 Å². The van der Waals surface area contributed by atoms with Crippen LogP contribution in [0.25, 0.3) is 0 Å². The van der Waals surface area contributed by atoms with Gasteiger partial charge in [0.25, 0.3) is 5.91 Å². The molecule has 0 bridgehead atoms. The summed E-state index contributed by atoms with van der Waals surface area (Å²) >= 11 is 0. The van der Waals surface area contributed by atoms with Crippen molar-refractivity contribution in [3.63, 3.8) is 0 Å². The number of anilines is 1. The highest BCUT2D eigenvalue weighted by Gasteiger charge is 2.44. The lowest BCUT2D eigenvalue weighted by atomic mass is 10.0. The van der Waals surface area contributed by atoms with Gasteiger partial charge in [0.15, 0.2) is 0 Å². The molecule has 1 saturated carbocycles. The first kappa shape index (κ1) is 20.4. The zero-order valence-corrected chi connectivity index (χ0v) is 18.8.